The highest BCUT2D eigenvalue weighted by molar-refractivity contribution is 5.19. The van der Waals surface area contributed by atoms with Crippen LogP contribution in [0.2, 0.25) is 0 Å². The SMILES string of the molecule is Cc1[nH]ncc1CNC[C@H]1CCCO[C@@H]1c1ccccc1. The summed E-state index contributed by atoms with van der Waals surface area (Å²) in [5, 5.41) is 10.6. The van der Waals surface area contributed by atoms with E-state index in [-0.39, 0.29) is 6.10 Å². The first-order chi connectivity index (χ1) is 10.3. The number of aromatic nitrogens is 2. The van der Waals surface area contributed by atoms with Gasteiger partial charge >= 0.3 is 0 Å². The van der Waals surface area contributed by atoms with Crippen molar-refractivity contribution in [2.45, 2.75) is 32.4 Å². The van der Waals surface area contributed by atoms with Crippen LogP contribution in [0, 0.1) is 12.8 Å². The predicted molar refractivity (Wildman–Crippen MR) is 82.9 cm³/mol. The topological polar surface area (TPSA) is 49.9 Å². The second kappa shape index (κ2) is 6.87. The number of hydrogen-bond donors (Lipinski definition) is 2. The second-order valence-electron chi connectivity index (χ2n) is 5.76. The maximum Gasteiger partial charge on any atom is 0.0865 e. The molecule has 0 unspecified atom stereocenters. The summed E-state index contributed by atoms with van der Waals surface area (Å²) in [6, 6.07) is 10.6. The van der Waals surface area contributed by atoms with Gasteiger partial charge in [-0.05, 0) is 25.3 Å². The minimum absolute atomic E-state index is 0.220. The van der Waals surface area contributed by atoms with Crippen LogP contribution in [-0.2, 0) is 11.3 Å². The average Bonchev–Trinajstić information content (AvgIpc) is 2.94. The molecule has 0 amide bonds. The van der Waals surface area contributed by atoms with Crippen molar-refractivity contribution in [2.75, 3.05) is 13.2 Å². The Labute approximate surface area is 125 Å². The van der Waals surface area contributed by atoms with E-state index in [9.17, 15) is 0 Å². The number of nitrogens with one attached hydrogen (secondary N) is 2. The van der Waals surface area contributed by atoms with E-state index in [0.717, 1.165) is 31.8 Å². The first kappa shape index (κ1) is 14.3. The van der Waals surface area contributed by atoms with Gasteiger partial charge in [0, 0.05) is 36.9 Å². The minimum atomic E-state index is 0.220. The van der Waals surface area contributed by atoms with Gasteiger partial charge in [-0.25, -0.2) is 0 Å². The Morgan fingerprint density at radius 2 is 2.19 bits per heavy atom. The Morgan fingerprint density at radius 3 is 2.95 bits per heavy atom. The standard InChI is InChI=1S/C17H23N3O/c1-13-16(12-19-20-13)11-18-10-15-8-5-9-21-17(15)14-6-3-2-4-7-14/h2-4,6-7,12,15,17-18H,5,8-11H2,1H3,(H,19,20)/t15-,17-/m1/s1. The van der Waals surface area contributed by atoms with Crippen LogP contribution in [-0.4, -0.2) is 23.3 Å². The molecular weight excluding hydrogens is 262 g/mol. The third-order valence-electron chi connectivity index (χ3n) is 4.23. The lowest BCUT2D eigenvalue weighted by molar-refractivity contribution is -0.0278. The van der Waals surface area contributed by atoms with E-state index in [1.807, 2.05) is 6.20 Å². The second-order valence-corrected chi connectivity index (χ2v) is 5.76. The monoisotopic (exact) mass is 285 g/mol. The molecule has 21 heavy (non-hydrogen) atoms. The third kappa shape index (κ3) is 3.52. The summed E-state index contributed by atoms with van der Waals surface area (Å²) < 4.78 is 6.03. The number of rotatable bonds is 5. The van der Waals surface area contributed by atoms with Gasteiger partial charge in [0.15, 0.2) is 0 Å². The quantitative estimate of drug-likeness (QED) is 0.888. The van der Waals surface area contributed by atoms with Gasteiger partial charge in [0.05, 0.1) is 12.3 Å². The maximum absolute atomic E-state index is 6.03. The molecule has 0 bridgehead atoms. The smallest absolute Gasteiger partial charge is 0.0865 e. The zero-order valence-electron chi connectivity index (χ0n) is 12.5. The van der Waals surface area contributed by atoms with Gasteiger partial charge in [0.25, 0.3) is 0 Å². The molecule has 112 valence electrons. The summed E-state index contributed by atoms with van der Waals surface area (Å²) in [5.74, 6) is 0.536. The molecule has 2 atom stereocenters. The lowest BCUT2D eigenvalue weighted by Gasteiger charge is -2.32. The van der Waals surface area contributed by atoms with Gasteiger partial charge in [-0.2, -0.15) is 5.10 Å². The van der Waals surface area contributed by atoms with Gasteiger partial charge in [0.2, 0.25) is 0 Å². The van der Waals surface area contributed by atoms with Crippen molar-refractivity contribution in [2.24, 2.45) is 5.92 Å². The molecule has 2 heterocycles. The molecule has 0 spiro atoms. The van der Waals surface area contributed by atoms with E-state index < -0.39 is 0 Å². The van der Waals surface area contributed by atoms with E-state index in [1.54, 1.807) is 0 Å². The molecule has 1 aliphatic rings. The molecular formula is C17H23N3O. The Kier molecular flexibility index (Phi) is 4.68. The first-order valence-corrected chi connectivity index (χ1v) is 7.70. The number of benzene rings is 1. The van der Waals surface area contributed by atoms with Crippen LogP contribution in [0.15, 0.2) is 36.5 Å². The fraction of sp³-hybridized carbons (Fsp3) is 0.471. The van der Waals surface area contributed by atoms with Crippen LogP contribution in [0.25, 0.3) is 0 Å². The van der Waals surface area contributed by atoms with E-state index in [2.05, 4.69) is 52.8 Å². The largest absolute Gasteiger partial charge is 0.373 e. The maximum atomic E-state index is 6.03. The van der Waals surface area contributed by atoms with Gasteiger partial charge in [-0.1, -0.05) is 30.3 Å². The normalized spacial score (nSPS) is 22.3. The van der Waals surface area contributed by atoms with Gasteiger partial charge in [-0.3, -0.25) is 5.10 Å². The molecule has 3 rings (SSSR count). The lowest BCUT2D eigenvalue weighted by Crippen LogP contribution is -2.31. The minimum Gasteiger partial charge on any atom is -0.373 e. The Hall–Kier alpha value is -1.65. The van der Waals surface area contributed by atoms with Crippen LogP contribution in [0.5, 0.6) is 0 Å². The Bertz CT molecular complexity index is 552. The van der Waals surface area contributed by atoms with Crippen molar-refractivity contribution in [3.63, 3.8) is 0 Å². The zero-order valence-corrected chi connectivity index (χ0v) is 12.5. The van der Waals surface area contributed by atoms with Crippen molar-refractivity contribution in [1.82, 2.24) is 15.5 Å². The molecule has 1 aromatic heterocycles. The van der Waals surface area contributed by atoms with Crippen molar-refractivity contribution < 1.29 is 4.74 Å². The van der Waals surface area contributed by atoms with Crippen LogP contribution in [0.4, 0.5) is 0 Å². The van der Waals surface area contributed by atoms with Crippen LogP contribution < -0.4 is 5.32 Å². The number of hydrogen-bond acceptors (Lipinski definition) is 3. The van der Waals surface area contributed by atoms with Crippen molar-refractivity contribution in [3.05, 3.63) is 53.3 Å². The van der Waals surface area contributed by atoms with Crippen molar-refractivity contribution in [1.29, 1.82) is 0 Å². The first-order valence-electron chi connectivity index (χ1n) is 7.70. The number of aromatic amines is 1. The molecule has 2 N–H and O–H groups in total. The molecule has 4 heteroatoms. The Balaban J connectivity index is 1.59. The number of aryl methyl sites for hydroxylation is 1. The molecule has 0 saturated carbocycles. The Morgan fingerprint density at radius 1 is 1.33 bits per heavy atom. The molecule has 1 saturated heterocycles. The summed E-state index contributed by atoms with van der Waals surface area (Å²) in [4.78, 5) is 0. The zero-order chi connectivity index (χ0) is 14.5. The van der Waals surface area contributed by atoms with Gasteiger partial charge < -0.3 is 10.1 Å². The highest BCUT2D eigenvalue weighted by Gasteiger charge is 2.26. The highest BCUT2D eigenvalue weighted by atomic mass is 16.5. The summed E-state index contributed by atoms with van der Waals surface area (Å²) >= 11 is 0. The van der Waals surface area contributed by atoms with Crippen molar-refractivity contribution >= 4 is 0 Å². The molecule has 1 fully saturated rings. The molecule has 0 radical (unpaired) electrons. The third-order valence-corrected chi connectivity index (χ3v) is 4.23. The highest BCUT2D eigenvalue weighted by Crippen LogP contribution is 2.33. The fourth-order valence-corrected chi connectivity index (χ4v) is 3.01. The predicted octanol–water partition coefficient (Wildman–Crippen LogP) is 2.98. The van der Waals surface area contributed by atoms with Crippen molar-refractivity contribution in [3.8, 4) is 0 Å². The average molecular weight is 285 g/mol. The molecule has 1 aromatic carbocycles. The lowest BCUT2D eigenvalue weighted by atomic mass is 9.89. The van der Waals surface area contributed by atoms with Crippen LogP contribution >= 0.6 is 0 Å². The van der Waals surface area contributed by atoms with Gasteiger partial charge in [-0.15, -0.1) is 0 Å². The van der Waals surface area contributed by atoms with E-state index in [0.29, 0.717) is 5.92 Å². The summed E-state index contributed by atoms with van der Waals surface area (Å²) in [7, 11) is 0. The fourth-order valence-electron chi connectivity index (χ4n) is 3.01. The van der Waals surface area contributed by atoms with E-state index in [4.69, 9.17) is 4.74 Å². The molecule has 1 aliphatic heterocycles. The van der Waals surface area contributed by atoms with E-state index >= 15 is 0 Å². The number of ether oxygens (including phenoxy) is 1. The van der Waals surface area contributed by atoms with Crippen LogP contribution in [0.1, 0.15) is 35.8 Å². The summed E-state index contributed by atoms with van der Waals surface area (Å²) in [6.45, 7) is 4.77. The summed E-state index contributed by atoms with van der Waals surface area (Å²) in [6.07, 6.45) is 4.49. The van der Waals surface area contributed by atoms with Gasteiger partial charge in [0.1, 0.15) is 0 Å². The van der Waals surface area contributed by atoms with Crippen LogP contribution in [0.3, 0.4) is 0 Å². The number of H-pyrrole nitrogens is 1. The molecule has 0 aliphatic carbocycles. The number of nitrogens with zero attached hydrogens (tertiary/aromatic N) is 1. The van der Waals surface area contributed by atoms with E-state index in [1.165, 1.54) is 17.5 Å². The molecule has 2 aromatic rings. The molecule has 4 nitrogen and oxygen atoms in total. The summed E-state index contributed by atoms with van der Waals surface area (Å²) in [5.41, 5.74) is 3.67.